The van der Waals surface area contributed by atoms with E-state index in [1.54, 1.807) is 0 Å². The number of ether oxygens (including phenoxy) is 1. The number of halogens is 9. The average molecular weight is 389 g/mol. The van der Waals surface area contributed by atoms with Crippen LogP contribution in [-0.2, 0) is 14.3 Å². The summed E-state index contributed by atoms with van der Waals surface area (Å²) in [5.41, 5.74) is 0. The molecule has 0 rings (SSSR count). The number of carboxylic acids is 1. The van der Waals surface area contributed by atoms with E-state index in [1.165, 1.54) is 0 Å². The van der Waals surface area contributed by atoms with E-state index >= 15 is 0 Å². The van der Waals surface area contributed by atoms with Gasteiger partial charge >= 0.3 is 29.9 Å². The Morgan fingerprint density at radius 3 is 1.64 bits per heavy atom. The fourth-order valence-electron chi connectivity index (χ4n) is 1.50. The number of aliphatic carboxylic acids is 1. The fourth-order valence-corrected chi connectivity index (χ4v) is 1.50. The van der Waals surface area contributed by atoms with Gasteiger partial charge in [-0.05, 0) is 12.0 Å². The van der Waals surface area contributed by atoms with Gasteiger partial charge in [0, 0.05) is 6.08 Å². The number of hydrogen-bond acceptors (Lipinski definition) is 4. The van der Waals surface area contributed by atoms with Crippen LogP contribution in [0, 0.1) is 5.92 Å². The molecule has 0 aliphatic carbocycles. The molecule has 0 fully saturated rings. The lowest BCUT2D eigenvalue weighted by Crippen LogP contribution is -2.65. The molecule has 0 amide bonds. The quantitative estimate of drug-likeness (QED) is 0.381. The summed E-state index contributed by atoms with van der Waals surface area (Å²) in [4.78, 5) is 21.1. The minimum Gasteiger partial charge on any atom is -0.545 e. The third-order valence-corrected chi connectivity index (χ3v) is 2.73. The normalized spacial score (nSPS) is 15.5. The molecular formula is C12H10F9O4-. The molecule has 0 aliphatic rings. The second-order valence-electron chi connectivity index (χ2n) is 5.02. The maximum atomic E-state index is 13.7. The van der Waals surface area contributed by atoms with Crippen LogP contribution < -0.4 is 5.11 Å². The summed E-state index contributed by atoms with van der Waals surface area (Å²) in [7, 11) is 0. The maximum Gasteiger partial charge on any atom is 0.460 e. The Labute approximate surface area is 134 Å². The first-order valence-electron chi connectivity index (χ1n) is 6.19. The molecule has 1 unspecified atom stereocenters. The predicted molar refractivity (Wildman–Crippen MR) is 59.8 cm³/mol. The molecule has 13 heteroatoms. The summed E-state index contributed by atoms with van der Waals surface area (Å²) < 4.78 is 120. The van der Waals surface area contributed by atoms with Crippen molar-refractivity contribution in [2.24, 2.45) is 5.92 Å². The standard InChI is InChI=1S/C12H11F9O4/c1-5(2)8(25-7(24)4-3-6(22)23)9(13,14)10(15,16)11(17,18)12(19,20)21/h3-5,8H,1-2H3,(H,22,23)/p-1/b4-3+. The number of esters is 1. The van der Waals surface area contributed by atoms with Crippen molar-refractivity contribution in [3.8, 4) is 0 Å². The number of carbonyl (C=O) groups is 2. The van der Waals surface area contributed by atoms with Crippen molar-refractivity contribution in [3.63, 3.8) is 0 Å². The Kier molecular flexibility index (Phi) is 6.56. The molecule has 0 aromatic carbocycles. The van der Waals surface area contributed by atoms with E-state index in [4.69, 9.17) is 0 Å². The van der Waals surface area contributed by atoms with Crippen LogP contribution in [0.25, 0.3) is 0 Å². The highest BCUT2D eigenvalue weighted by molar-refractivity contribution is 5.90. The minimum atomic E-state index is -7.14. The first-order valence-corrected chi connectivity index (χ1v) is 6.19. The second-order valence-corrected chi connectivity index (χ2v) is 5.02. The topological polar surface area (TPSA) is 66.4 Å². The van der Waals surface area contributed by atoms with Gasteiger partial charge in [-0.25, -0.2) is 4.79 Å². The second kappa shape index (κ2) is 7.12. The SMILES string of the molecule is CC(C)C(OC(=O)/C=C/C(=O)[O-])C(F)(F)C(F)(F)C(F)(F)C(F)(F)F. The van der Waals surface area contributed by atoms with E-state index in [-0.39, 0.29) is 12.2 Å². The van der Waals surface area contributed by atoms with Gasteiger partial charge in [0.15, 0.2) is 6.10 Å². The van der Waals surface area contributed by atoms with E-state index in [9.17, 15) is 54.2 Å². The average Bonchev–Trinajstić information content (AvgIpc) is 2.40. The van der Waals surface area contributed by atoms with E-state index in [2.05, 4.69) is 4.74 Å². The highest BCUT2D eigenvalue weighted by atomic mass is 19.4. The predicted octanol–water partition coefficient (Wildman–Crippen LogP) is 2.33. The molecule has 4 nitrogen and oxygen atoms in total. The van der Waals surface area contributed by atoms with E-state index in [0.29, 0.717) is 13.8 Å². The van der Waals surface area contributed by atoms with Gasteiger partial charge < -0.3 is 14.6 Å². The first-order chi connectivity index (χ1) is 10.9. The smallest absolute Gasteiger partial charge is 0.460 e. The van der Waals surface area contributed by atoms with Crippen LogP contribution in [0.3, 0.4) is 0 Å². The van der Waals surface area contributed by atoms with Crippen LogP contribution in [0.1, 0.15) is 13.8 Å². The van der Waals surface area contributed by atoms with Crippen LogP contribution in [-0.4, -0.2) is 42.0 Å². The lowest BCUT2D eigenvalue weighted by atomic mass is 9.92. The number of alkyl halides is 9. The van der Waals surface area contributed by atoms with Crippen molar-refractivity contribution in [2.75, 3.05) is 0 Å². The number of carbonyl (C=O) groups excluding carboxylic acids is 2. The van der Waals surface area contributed by atoms with Crippen LogP contribution >= 0.6 is 0 Å². The maximum absolute atomic E-state index is 13.7. The Balaban J connectivity index is 5.87. The van der Waals surface area contributed by atoms with Gasteiger partial charge in [-0.3, -0.25) is 0 Å². The Morgan fingerprint density at radius 1 is 0.880 bits per heavy atom. The zero-order valence-electron chi connectivity index (χ0n) is 12.3. The van der Waals surface area contributed by atoms with Gasteiger partial charge in [0.2, 0.25) is 0 Å². The molecule has 146 valence electrons. The van der Waals surface area contributed by atoms with Crippen LogP contribution in [0.4, 0.5) is 39.5 Å². The fraction of sp³-hybridized carbons (Fsp3) is 0.667. The third-order valence-electron chi connectivity index (χ3n) is 2.73. The molecule has 0 radical (unpaired) electrons. The van der Waals surface area contributed by atoms with Crippen molar-refractivity contribution in [1.29, 1.82) is 0 Å². The molecule has 0 saturated carbocycles. The van der Waals surface area contributed by atoms with Crippen molar-refractivity contribution < 1.29 is 58.9 Å². The molecule has 0 bridgehead atoms. The molecule has 0 aromatic heterocycles. The van der Waals surface area contributed by atoms with Gasteiger partial charge in [-0.2, -0.15) is 39.5 Å². The summed E-state index contributed by atoms with van der Waals surface area (Å²) in [6, 6.07) is 0. The number of carboxylic acid groups (broad SMARTS) is 1. The number of hydrogen-bond donors (Lipinski definition) is 0. The molecule has 25 heavy (non-hydrogen) atoms. The highest BCUT2D eigenvalue weighted by Crippen LogP contribution is 2.55. The summed E-state index contributed by atoms with van der Waals surface area (Å²) >= 11 is 0. The third kappa shape index (κ3) is 4.57. The van der Waals surface area contributed by atoms with Gasteiger partial charge in [0.1, 0.15) is 0 Å². The van der Waals surface area contributed by atoms with Gasteiger partial charge in [-0.1, -0.05) is 13.8 Å². The first kappa shape index (κ1) is 23.1. The minimum absolute atomic E-state index is 0.0552. The summed E-state index contributed by atoms with van der Waals surface area (Å²) in [6.45, 7) is 1.35. The molecule has 0 N–H and O–H groups in total. The Bertz CT molecular complexity index is 537. The van der Waals surface area contributed by atoms with Gasteiger partial charge in [-0.15, -0.1) is 0 Å². The van der Waals surface area contributed by atoms with Crippen molar-refractivity contribution in [2.45, 2.75) is 43.9 Å². The monoisotopic (exact) mass is 389 g/mol. The van der Waals surface area contributed by atoms with Crippen molar-refractivity contribution >= 4 is 11.9 Å². The lowest BCUT2D eigenvalue weighted by molar-refractivity contribution is -0.407. The molecule has 1 atom stereocenters. The van der Waals surface area contributed by atoms with Crippen molar-refractivity contribution in [1.82, 2.24) is 0 Å². The zero-order chi connectivity index (χ0) is 20.4. The summed E-state index contributed by atoms with van der Waals surface area (Å²) in [6.07, 6.45) is -10.6. The van der Waals surface area contributed by atoms with E-state index < -0.39 is 47.9 Å². The largest absolute Gasteiger partial charge is 0.545 e. The van der Waals surface area contributed by atoms with Gasteiger partial charge in [0.25, 0.3) is 0 Å². The van der Waals surface area contributed by atoms with Crippen LogP contribution in [0.15, 0.2) is 12.2 Å². The van der Waals surface area contributed by atoms with E-state index in [0.717, 1.165) is 0 Å². The van der Waals surface area contributed by atoms with E-state index in [1.807, 2.05) is 0 Å². The Hall–Kier alpha value is -1.95. The van der Waals surface area contributed by atoms with Crippen molar-refractivity contribution in [3.05, 3.63) is 12.2 Å². The molecule has 0 aromatic rings. The highest BCUT2D eigenvalue weighted by Gasteiger charge is 2.83. The lowest BCUT2D eigenvalue weighted by Gasteiger charge is -2.38. The number of rotatable bonds is 7. The summed E-state index contributed by atoms with van der Waals surface area (Å²) in [5.74, 6) is -26.1. The summed E-state index contributed by atoms with van der Waals surface area (Å²) in [5, 5.41) is 10.0. The van der Waals surface area contributed by atoms with Crippen LogP contribution in [0.5, 0.6) is 0 Å². The molecule has 0 aliphatic heterocycles. The molecular weight excluding hydrogens is 379 g/mol. The molecule has 0 heterocycles. The molecule has 0 saturated heterocycles. The Morgan fingerprint density at radius 2 is 1.32 bits per heavy atom. The van der Waals surface area contributed by atoms with Crippen LogP contribution in [0.2, 0.25) is 0 Å². The molecule has 0 spiro atoms. The van der Waals surface area contributed by atoms with Gasteiger partial charge in [0.05, 0.1) is 5.97 Å². The zero-order valence-corrected chi connectivity index (χ0v) is 12.3.